The topological polar surface area (TPSA) is 54.3 Å². The van der Waals surface area contributed by atoms with E-state index in [0.29, 0.717) is 24.2 Å². The summed E-state index contributed by atoms with van der Waals surface area (Å²) in [5, 5.41) is 7.30. The summed E-state index contributed by atoms with van der Waals surface area (Å²) in [7, 11) is 0. The van der Waals surface area contributed by atoms with E-state index < -0.39 is 0 Å². The Morgan fingerprint density at radius 2 is 2.10 bits per heavy atom. The van der Waals surface area contributed by atoms with Gasteiger partial charge in [-0.05, 0) is 23.6 Å². The molecule has 1 amide bonds. The molecule has 2 aromatic rings. The normalized spacial score (nSPS) is 11.2. The van der Waals surface area contributed by atoms with Crippen LogP contribution in [0.3, 0.4) is 0 Å². The first-order chi connectivity index (χ1) is 9.58. The van der Waals surface area contributed by atoms with Crippen molar-refractivity contribution < 1.29 is 9.21 Å². The van der Waals surface area contributed by atoms with Crippen LogP contribution in [0.5, 0.6) is 0 Å². The monoisotopic (exact) mass is 294 g/mol. The van der Waals surface area contributed by atoms with Gasteiger partial charge in [0.1, 0.15) is 5.58 Å². The summed E-state index contributed by atoms with van der Waals surface area (Å²) < 4.78 is 5.46. The van der Waals surface area contributed by atoms with E-state index in [1.54, 1.807) is 0 Å². The molecular weight excluding hydrogens is 276 g/mol. The zero-order chi connectivity index (χ0) is 14.5. The van der Waals surface area contributed by atoms with Crippen LogP contribution in [0.1, 0.15) is 19.4 Å². The maximum Gasteiger partial charge on any atom is 0.233 e. The molecule has 0 bridgehead atoms. The number of nitrogens with one attached hydrogen (secondary N) is 2. The van der Waals surface area contributed by atoms with Crippen LogP contribution in [0.15, 0.2) is 28.7 Å². The van der Waals surface area contributed by atoms with E-state index >= 15 is 0 Å². The van der Waals surface area contributed by atoms with E-state index in [1.165, 1.54) is 0 Å². The quantitative estimate of drug-likeness (QED) is 0.861. The van der Waals surface area contributed by atoms with Crippen molar-refractivity contribution >= 4 is 28.5 Å². The van der Waals surface area contributed by atoms with Gasteiger partial charge in [0, 0.05) is 24.0 Å². The number of hydrogen-bond donors (Lipinski definition) is 2. The lowest BCUT2D eigenvalue weighted by atomic mass is 10.2. The van der Waals surface area contributed by atoms with E-state index in [4.69, 9.17) is 16.0 Å². The Morgan fingerprint density at radius 1 is 1.35 bits per heavy atom. The van der Waals surface area contributed by atoms with Gasteiger partial charge in [-0.25, -0.2) is 0 Å². The van der Waals surface area contributed by atoms with Crippen LogP contribution in [0.4, 0.5) is 0 Å². The number of hydrogen-bond acceptors (Lipinski definition) is 3. The fraction of sp³-hybridized carbons (Fsp3) is 0.400. The van der Waals surface area contributed by atoms with Crippen molar-refractivity contribution in [3.05, 3.63) is 35.0 Å². The summed E-state index contributed by atoms with van der Waals surface area (Å²) in [6.45, 7) is 5.58. The average molecular weight is 295 g/mol. The van der Waals surface area contributed by atoms with Gasteiger partial charge in [-0.3, -0.25) is 4.79 Å². The van der Waals surface area contributed by atoms with E-state index in [9.17, 15) is 4.79 Å². The lowest BCUT2D eigenvalue weighted by Crippen LogP contribution is -2.35. The second-order valence-corrected chi connectivity index (χ2v) is 5.50. The average Bonchev–Trinajstić information content (AvgIpc) is 2.73. The van der Waals surface area contributed by atoms with Gasteiger partial charge >= 0.3 is 0 Å². The largest absolute Gasteiger partial charge is 0.444 e. The maximum atomic E-state index is 11.6. The molecule has 4 nitrogen and oxygen atoms in total. The number of furan rings is 1. The first kappa shape index (κ1) is 14.9. The summed E-state index contributed by atoms with van der Waals surface area (Å²) in [6.07, 6.45) is 0. The molecule has 2 N–H and O–H groups in total. The van der Waals surface area contributed by atoms with Gasteiger partial charge in [-0.2, -0.15) is 0 Å². The van der Waals surface area contributed by atoms with Crippen molar-refractivity contribution in [2.75, 3.05) is 13.1 Å². The highest BCUT2D eigenvalue weighted by Crippen LogP contribution is 2.29. The van der Waals surface area contributed by atoms with Crippen molar-refractivity contribution in [1.29, 1.82) is 0 Å². The van der Waals surface area contributed by atoms with Gasteiger partial charge in [0.2, 0.25) is 5.91 Å². The van der Waals surface area contributed by atoms with Crippen molar-refractivity contribution in [1.82, 2.24) is 10.6 Å². The SMILES string of the molecule is CC(C)CNC(=O)CNCc1c(Cl)oc2ccccc12. The second-order valence-electron chi connectivity index (χ2n) is 5.15. The molecule has 108 valence electrons. The molecule has 2 rings (SSSR count). The molecule has 0 aliphatic carbocycles. The Labute approximate surface area is 123 Å². The molecule has 0 fully saturated rings. The van der Waals surface area contributed by atoms with Crippen molar-refractivity contribution in [2.24, 2.45) is 5.92 Å². The summed E-state index contributed by atoms with van der Waals surface area (Å²) in [5.41, 5.74) is 1.65. The number of para-hydroxylation sites is 1. The molecular formula is C15H19ClN2O2. The molecule has 0 saturated carbocycles. The molecule has 0 spiro atoms. The number of carbonyl (C=O) groups is 1. The number of fused-ring (bicyclic) bond motifs is 1. The molecule has 0 aliphatic heterocycles. The number of benzene rings is 1. The van der Waals surface area contributed by atoms with Crippen LogP contribution in [0.25, 0.3) is 11.0 Å². The zero-order valence-corrected chi connectivity index (χ0v) is 12.5. The van der Waals surface area contributed by atoms with Crippen LogP contribution < -0.4 is 10.6 Å². The van der Waals surface area contributed by atoms with E-state index in [1.807, 2.05) is 24.3 Å². The maximum absolute atomic E-state index is 11.6. The standard InChI is InChI=1S/C15H19ClN2O2/c1-10(2)7-18-14(19)9-17-8-12-11-5-3-4-6-13(11)20-15(12)16/h3-6,10,17H,7-9H2,1-2H3,(H,18,19). The highest BCUT2D eigenvalue weighted by atomic mass is 35.5. The number of amides is 1. The Kier molecular flexibility index (Phi) is 5.04. The Morgan fingerprint density at radius 3 is 2.85 bits per heavy atom. The summed E-state index contributed by atoms with van der Waals surface area (Å²) in [6, 6.07) is 7.67. The molecule has 0 saturated heterocycles. The predicted octanol–water partition coefficient (Wildman–Crippen LogP) is 2.95. The Bertz CT molecular complexity index is 593. The highest BCUT2D eigenvalue weighted by molar-refractivity contribution is 6.30. The number of halogens is 1. The number of rotatable bonds is 6. The third-order valence-corrected chi connectivity index (χ3v) is 3.25. The van der Waals surface area contributed by atoms with Gasteiger partial charge in [0.05, 0.1) is 6.54 Å². The smallest absolute Gasteiger partial charge is 0.233 e. The fourth-order valence-electron chi connectivity index (χ4n) is 1.92. The molecule has 0 atom stereocenters. The second kappa shape index (κ2) is 6.77. The highest BCUT2D eigenvalue weighted by Gasteiger charge is 2.12. The molecule has 0 radical (unpaired) electrons. The van der Waals surface area contributed by atoms with Crippen LogP contribution in [-0.2, 0) is 11.3 Å². The lowest BCUT2D eigenvalue weighted by molar-refractivity contribution is -0.120. The summed E-state index contributed by atoms with van der Waals surface area (Å²) in [4.78, 5) is 11.6. The molecule has 1 aromatic carbocycles. The van der Waals surface area contributed by atoms with Crippen LogP contribution >= 0.6 is 11.6 Å². The van der Waals surface area contributed by atoms with Crippen LogP contribution in [0, 0.1) is 5.92 Å². The molecule has 0 aliphatic rings. The lowest BCUT2D eigenvalue weighted by Gasteiger charge is -2.08. The Hall–Kier alpha value is -1.52. The van der Waals surface area contributed by atoms with E-state index in [0.717, 1.165) is 16.5 Å². The molecule has 0 unspecified atom stereocenters. The summed E-state index contributed by atoms with van der Waals surface area (Å²) in [5.74, 6) is 0.439. The van der Waals surface area contributed by atoms with Crippen molar-refractivity contribution in [3.8, 4) is 0 Å². The minimum absolute atomic E-state index is 0.0115. The van der Waals surface area contributed by atoms with Crippen molar-refractivity contribution in [3.63, 3.8) is 0 Å². The predicted molar refractivity (Wildman–Crippen MR) is 80.8 cm³/mol. The third-order valence-electron chi connectivity index (χ3n) is 2.94. The number of carbonyl (C=O) groups excluding carboxylic acids is 1. The van der Waals surface area contributed by atoms with Gasteiger partial charge in [0.25, 0.3) is 0 Å². The zero-order valence-electron chi connectivity index (χ0n) is 11.7. The first-order valence-corrected chi connectivity index (χ1v) is 7.09. The van der Waals surface area contributed by atoms with Gasteiger partial charge < -0.3 is 15.1 Å². The first-order valence-electron chi connectivity index (χ1n) is 6.71. The third kappa shape index (κ3) is 3.74. The minimum atomic E-state index is -0.0115. The van der Waals surface area contributed by atoms with Gasteiger partial charge in [0.15, 0.2) is 5.22 Å². The molecule has 5 heteroatoms. The minimum Gasteiger partial charge on any atom is -0.444 e. The van der Waals surface area contributed by atoms with E-state index in [-0.39, 0.29) is 12.5 Å². The Balaban J connectivity index is 1.90. The van der Waals surface area contributed by atoms with Crippen LogP contribution in [0.2, 0.25) is 5.22 Å². The van der Waals surface area contributed by atoms with Gasteiger partial charge in [-0.15, -0.1) is 0 Å². The van der Waals surface area contributed by atoms with E-state index in [2.05, 4.69) is 24.5 Å². The molecule has 1 aromatic heterocycles. The van der Waals surface area contributed by atoms with Crippen LogP contribution in [-0.4, -0.2) is 19.0 Å². The molecule has 20 heavy (non-hydrogen) atoms. The molecule has 1 heterocycles. The van der Waals surface area contributed by atoms with Crippen molar-refractivity contribution in [2.45, 2.75) is 20.4 Å². The summed E-state index contributed by atoms with van der Waals surface area (Å²) >= 11 is 6.08. The van der Waals surface area contributed by atoms with Gasteiger partial charge in [-0.1, -0.05) is 32.0 Å². The fourth-order valence-corrected chi connectivity index (χ4v) is 2.17.